The van der Waals surface area contributed by atoms with Crippen LogP contribution in [0.2, 0.25) is 0 Å². The van der Waals surface area contributed by atoms with Crippen LogP contribution in [0.4, 0.5) is 0 Å². The molecule has 1 N–H and O–H groups in total. The first kappa shape index (κ1) is 14.5. The molecule has 1 aromatic heterocycles. The Morgan fingerprint density at radius 2 is 1.81 bits per heavy atom. The summed E-state index contributed by atoms with van der Waals surface area (Å²) in [6.07, 6.45) is 0. The van der Waals surface area contributed by atoms with Gasteiger partial charge in [0.25, 0.3) is 0 Å². The van der Waals surface area contributed by atoms with E-state index < -0.39 is 0 Å². The first-order valence-corrected chi connectivity index (χ1v) is 7.44. The number of hydrogen-bond donors (Lipinski definition) is 1. The summed E-state index contributed by atoms with van der Waals surface area (Å²) >= 11 is 0. The van der Waals surface area contributed by atoms with Gasteiger partial charge < -0.3 is 19.0 Å². The van der Waals surface area contributed by atoms with E-state index in [2.05, 4.69) is 44.8 Å². The number of hydrogen-bond acceptors (Lipinski definition) is 3. The van der Waals surface area contributed by atoms with Gasteiger partial charge in [0, 0.05) is 11.0 Å². The number of para-hydroxylation sites is 1. The maximum atomic E-state index is 6.09. The normalized spacial score (nSPS) is 20.1. The second kappa shape index (κ2) is 4.78. The monoisotopic (exact) mass is 287 g/mol. The molecule has 1 aliphatic heterocycles. The first-order valence-electron chi connectivity index (χ1n) is 7.44. The number of benzene rings is 1. The van der Waals surface area contributed by atoms with Crippen LogP contribution in [0.5, 0.6) is 5.75 Å². The Bertz CT molecular complexity index is 647. The number of nitrogens with one attached hydrogen (secondary N) is 1. The molecule has 21 heavy (non-hydrogen) atoms. The van der Waals surface area contributed by atoms with Gasteiger partial charge in [0.15, 0.2) is 0 Å². The van der Waals surface area contributed by atoms with Gasteiger partial charge in [-0.05, 0) is 46.8 Å². The molecule has 1 saturated heterocycles. The van der Waals surface area contributed by atoms with Crippen molar-refractivity contribution in [1.82, 2.24) is 4.98 Å². The molecule has 0 saturated carbocycles. The molecule has 1 fully saturated rings. The predicted molar refractivity (Wildman–Crippen MR) is 85.2 cm³/mol. The first-order chi connectivity index (χ1) is 9.84. The fourth-order valence-electron chi connectivity index (χ4n) is 2.52. The SMILES string of the molecule is CCOc1cccc2cc(B3OC(C)(C)C(C)(C)O3)[nH]c12. The van der Waals surface area contributed by atoms with Gasteiger partial charge in [-0.1, -0.05) is 12.1 Å². The van der Waals surface area contributed by atoms with Crippen LogP contribution >= 0.6 is 0 Å². The summed E-state index contributed by atoms with van der Waals surface area (Å²) in [5.41, 5.74) is 1.25. The number of H-pyrrole nitrogens is 1. The van der Waals surface area contributed by atoms with E-state index in [0.717, 1.165) is 22.2 Å². The Labute approximate surface area is 125 Å². The smallest absolute Gasteiger partial charge is 0.492 e. The van der Waals surface area contributed by atoms with Crippen molar-refractivity contribution in [3.63, 3.8) is 0 Å². The summed E-state index contributed by atoms with van der Waals surface area (Å²) in [5, 5.41) is 1.10. The molecule has 0 spiro atoms. The summed E-state index contributed by atoms with van der Waals surface area (Å²) < 4.78 is 17.8. The van der Waals surface area contributed by atoms with Crippen LogP contribution in [0, 0.1) is 0 Å². The Hall–Kier alpha value is -1.46. The quantitative estimate of drug-likeness (QED) is 0.883. The van der Waals surface area contributed by atoms with E-state index in [1.807, 2.05) is 19.1 Å². The van der Waals surface area contributed by atoms with Crippen molar-refractivity contribution in [3.05, 3.63) is 24.3 Å². The van der Waals surface area contributed by atoms with Crippen molar-refractivity contribution in [2.45, 2.75) is 45.8 Å². The molecule has 0 atom stereocenters. The molecule has 0 unspecified atom stereocenters. The number of ether oxygens (including phenoxy) is 1. The maximum absolute atomic E-state index is 6.09. The number of fused-ring (bicyclic) bond motifs is 1. The van der Waals surface area contributed by atoms with Gasteiger partial charge in [0.05, 0.1) is 23.3 Å². The Kier molecular flexibility index (Phi) is 3.30. The molecule has 0 amide bonds. The third-order valence-electron chi connectivity index (χ3n) is 4.45. The van der Waals surface area contributed by atoms with E-state index in [1.165, 1.54) is 0 Å². The van der Waals surface area contributed by atoms with Crippen LogP contribution in [-0.4, -0.2) is 29.9 Å². The summed E-state index contributed by atoms with van der Waals surface area (Å²) in [7, 11) is -0.378. The summed E-state index contributed by atoms with van der Waals surface area (Å²) in [5.74, 6) is 0.859. The third kappa shape index (κ3) is 2.34. The highest BCUT2D eigenvalue weighted by atomic mass is 16.7. The van der Waals surface area contributed by atoms with Gasteiger partial charge in [-0.3, -0.25) is 0 Å². The second-order valence-corrected chi connectivity index (χ2v) is 6.47. The third-order valence-corrected chi connectivity index (χ3v) is 4.45. The zero-order valence-corrected chi connectivity index (χ0v) is 13.3. The van der Waals surface area contributed by atoms with Crippen LogP contribution in [0.1, 0.15) is 34.6 Å². The number of aromatic amines is 1. The molecule has 1 aromatic carbocycles. The molecular weight excluding hydrogens is 265 g/mol. The van der Waals surface area contributed by atoms with Gasteiger partial charge in [-0.25, -0.2) is 0 Å². The molecule has 3 rings (SSSR count). The second-order valence-electron chi connectivity index (χ2n) is 6.47. The highest BCUT2D eigenvalue weighted by molar-refractivity contribution is 6.61. The Balaban J connectivity index is 1.98. The highest BCUT2D eigenvalue weighted by Crippen LogP contribution is 2.36. The van der Waals surface area contributed by atoms with Crippen molar-refractivity contribution in [2.24, 2.45) is 0 Å². The van der Waals surface area contributed by atoms with E-state index in [-0.39, 0.29) is 18.3 Å². The Morgan fingerprint density at radius 1 is 1.14 bits per heavy atom. The average Bonchev–Trinajstić information content (AvgIpc) is 2.90. The van der Waals surface area contributed by atoms with E-state index in [0.29, 0.717) is 6.61 Å². The van der Waals surface area contributed by atoms with Crippen molar-refractivity contribution in [1.29, 1.82) is 0 Å². The number of rotatable bonds is 3. The highest BCUT2D eigenvalue weighted by Gasteiger charge is 2.52. The average molecular weight is 287 g/mol. The molecule has 2 aromatic rings. The fraction of sp³-hybridized carbons (Fsp3) is 0.500. The lowest BCUT2D eigenvalue weighted by molar-refractivity contribution is 0.00578. The lowest BCUT2D eigenvalue weighted by Crippen LogP contribution is -2.41. The van der Waals surface area contributed by atoms with Crippen molar-refractivity contribution >= 4 is 23.6 Å². The zero-order chi connectivity index (χ0) is 15.3. The molecular formula is C16H22BNO3. The predicted octanol–water partition coefficient (Wildman–Crippen LogP) is 2.87. The molecule has 4 nitrogen and oxygen atoms in total. The van der Waals surface area contributed by atoms with E-state index in [4.69, 9.17) is 14.0 Å². The summed E-state index contributed by atoms with van der Waals surface area (Å²) in [6.45, 7) is 10.9. The van der Waals surface area contributed by atoms with Gasteiger partial charge >= 0.3 is 7.12 Å². The number of aromatic nitrogens is 1. The zero-order valence-electron chi connectivity index (χ0n) is 13.3. The summed E-state index contributed by atoms with van der Waals surface area (Å²) in [6, 6.07) is 8.09. The molecule has 112 valence electrons. The van der Waals surface area contributed by atoms with Crippen LogP contribution in [-0.2, 0) is 9.31 Å². The van der Waals surface area contributed by atoms with E-state index in [9.17, 15) is 0 Å². The summed E-state index contributed by atoms with van der Waals surface area (Å²) in [4.78, 5) is 3.39. The van der Waals surface area contributed by atoms with Crippen LogP contribution < -0.4 is 10.3 Å². The van der Waals surface area contributed by atoms with Crippen molar-refractivity contribution in [3.8, 4) is 5.75 Å². The maximum Gasteiger partial charge on any atom is 0.512 e. The van der Waals surface area contributed by atoms with Gasteiger partial charge in [0.1, 0.15) is 5.75 Å². The van der Waals surface area contributed by atoms with Crippen LogP contribution in [0.15, 0.2) is 24.3 Å². The lowest BCUT2D eigenvalue weighted by Gasteiger charge is -2.32. The van der Waals surface area contributed by atoms with E-state index >= 15 is 0 Å². The molecule has 0 aliphatic carbocycles. The van der Waals surface area contributed by atoms with Crippen molar-refractivity contribution < 1.29 is 14.0 Å². The molecule has 1 aliphatic rings. The minimum atomic E-state index is -0.378. The molecule has 0 radical (unpaired) electrons. The van der Waals surface area contributed by atoms with Crippen LogP contribution in [0.3, 0.4) is 0 Å². The minimum absolute atomic E-state index is 0.336. The van der Waals surface area contributed by atoms with Crippen LogP contribution in [0.25, 0.3) is 10.9 Å². The van der Waals surface area contributed by atoms with Gasteiger partial charge in [-0.15, -0.1) is 0 Å². The fourth-order valence-corrected chi connectivity index (χ4v) is 2.52. The molecule has 2 heterocycles. The van der Waals surface area contributed by atoms with Gasteiger partial charge in [-0.2, -0.15) is 0 Å². The molecule has 5 heteroatoms. The standard InChI is InChI=1S/C16H22BNO3/c1-6-19-12-9-7-8-11-10-13(18-14(11)12)17-20-15(2,3)16(4,5)21-17/h7-10,18H,6H2,1-5H3. The molecule has 0 bridgehead atoms. The Morgan fingerprint density at radius 3 is 2.43 bits per heavy atom. The lowest BCUT2D eigenvalue weighted by atomic mass is 9.85. The largest absolute Gasteiger partial charge is 0.512 e. The topological polar surface area (TPSA) is 43.5 Å². The minimum Gasteiger partial charge on any atom is -0.492 e. The van der Waals surface area contributed by atoms with Crippen molar-refractivity contribution in [2.75, 3.05) is 6.61 Å². The van der Waals surface area contributed by atoms with Gasteiger partial charge in [0.2, 0.25) is 0 Å². The van der Waals surface area contributed by atoms with E-state index in [1.54, 1.807) is 0 Å².